The number of non-ortho nitro benzene ring substituents is 1. The molecule has 6 heteroatoms. The molecule has 1 rings (SSSR count). The van der Waals surface area contributed by atoms with Gasteiger partial charge in [0.05, 0.1) is 4.92 Å². The SMILES string of the molecule is CCC(C)(C)OC(=O)Oc1ccc([N+](=O)[O-])cc1. The summed E-state index contributed by atoms with van der Waals surface area (Å²) in [4.78, 5) is 21.3. The number of nitro benzene ring substituents is 1. The van der Waals surface area contributed by atoms with Crippen LogP contribution in [0.3, 0.4) is 0 Å². The second-order valence-corrected chi connectivity index (χ2v) is 4.32. The molecule has 0 aromatic heterocycles. The predicted octanol–water partition coefficient (Wildman–Crippen LogP) is 3.30. The Labute approximate surface area is 105 Å². The van der Waals surface area contributed by atoms with Gasteiger partial charge in [-0.25, -0.2) is 4.79 Å². The van der Waals surface area contributed by atoms with Crippen molar-refractivity contribution in [2.24, 2.45) is 0 Å². The molecule has 0 aliphatic heterocycles. The van der Waals surface area contributed by atoms with E-state index in [9.17, 15) is 14.9 Å². The van der Waals surface area contributed by atoms with Crippen LogP contribution in [0.1, 0.15) is 27.2 Å². The van der Waals surface area contributed by atoms with E-state index < -0.39 is 16.7 Å². The van der Waals surface area contributed by atoms with E-state index >= 15 is 0 Å². The Morgan fingerprint density at radius 1 is 1.33 bits per heavy atom. The lowest BCUT2D eigenvalue weighted by Crippen LogP contribution is -2.28. The van der Waals surface area contributed by atoms with Gasteiger partial charge in [-0.3, -0.25) is 10.1 Å². The second-order valence-electron chi connectivity index (χ2n) is 4.32. The molecule has 98 valence electrons. The van der Waals surface area contributed by atoms with Crippen LogP contribution in [-0.2, 0) is 4.74 Å². The minimum absolute atomic E-state index is 0.0652. The lowest BCUT2D eigenvalue weighted by molar-refractivity contribution is -0.384. The van der Waals surface area contributed by atoms with Gasteiger partial charge in [-0.15, -0.1) is 0 Å². The molecule has 0 N–H and O–H groups in total. The zero-order valence-electron chi connectivity index (χ0n) is 10.5. The fourth-order valence-corrected chi connectivity index (χ4v) is 1.05. The number of hydrogen-bond acceptors (Lipinski definition) is 5. The molecule has 0 saturated carbocycles. The van der Waals surface area contributed by atoms with Crippen molar-refractivity contribution < 1.29 is 19.2 Å². The second kappa shape index (κ2) is 5.48. The third-order valence-electron chi connectivity index (χ3n) is 2.46. The first-order valence-corrected chi connectivity index (χ1v) is 5.49. The summed E-state index contributed by atoms with van der Waals surface area (Å²) in [5.74, 6) is 0.206. The summed E-state index contributed by atoms with van der Waals surface area (Å²) in [6.45, 7) is 5.42. The van der Waals surface area contributed by atoms with Gasteiger partial charge in [0.1, 0.15) is 11.4 Å². The van der Waals surface area contributed by atoms with Crippen molar-refractivity contribution in [3.05, 3.63) is 34.4 Å². The molecule has 18 heavy (non-hydrogen) atoms. The Hall–Kier alpha value is -2.11. The van der Waals surface area contributed by atoms with E-state index in [1.807, 2.05) is 6.92 Å². The number of rotatable bonds is 4. The molecule has 0 unspecified atom stereocenters. The summed E-state index contributed by atoms with van der Waals surface area (Å²) in [5.41, 5.74) is -0.665. The molecule has 1 aromatic rings. The van der Waals surface area contributed by atoms with Crippen LogP contribution in [0.5, 0.6) is 5.75 Å². The van der Waals surface area contributed by atoms with Crippen molar-refractivity contribution in [3.63, 3.8) is 0 Å². The van der Waals surface area contributed by atoms with Crippen molar-refractivity contribution in [2.75, 3.05) is 0 Å². The maximum Gasteiger partial charge on any atom is 0.514 e. The zero-order valence-corrected chi connectivity index (χ0v) is 10.5. The van der Waals surface area contributed by atoms with Gasteiger partial charge in [0.25, 0.3) is 5.69 Å². The Bertz CT molecular complexity index is 438. The number of nitro groups is 1. The summed E-state index contributed by atoms with van der Waals surface area (Å²) in [6, 6.07) is 5.21. The lowest BCUT2D eigenvalue weighted by Gasteiger charge is -2.22. The van der Waals surface area contributed by atoms with Gasteiger partial charge in [-0.1, -0.05) is 6.92 Å². The average molecular weight is 253 g/mol. The quantitative estimate of drug-likeness (QED) is 0.356. The van der Waals surface area contributed by atoms with Crippen LogP contribution in [0, 0.1) is 10.1 Å². The maximum absolute atomic E-state index is 11.4. The normalized spacial score (nSPS) is 10.8. The van der Waals surface area contributed by atoms with Crippen LogP contribution in [0.4, 0.5) is 10.5 Å². The summed E-state index contributed by atoms with van der Waals surface area (Å²) in [5, 5.41) is 10.4. The van der Waals surface area contributed by atoms with Crippen LogP contribution < -0.4 is 4.74 Å². The molecule has 0 aliphatic carbocycles. The van der Waals surface area contributed by atoms with E-state index in [-0.39, 0.29) is 11.4 Å². The van der Waals surface area contributed by atoms with E-state index in [2.05, 4.69) is 0 Å². The Morgan fingerprint density at radius 2 is 1.89 bits per heavy atom. The zero-order chi connectivity index (χ0) is 13.8. The van der Waals surface area contributed by atoms with Crippen LogP contribution >= 0.6 is 0 Å². The minimum atomic E-state index is -0.823. The summed E-state index contributed by atoms with van der Waals surface area (Å²) >= 11 is 0. The minimum Gasteiger partial charge on any atom is -0.428 e. The van der Waals surface area contributed by atoms with E-state index in [1.165, 1.54) is 24.3 Å². The van der Waals surface area contributed by atoms with Crippen molar-refractivity contribution in [2.45, 2.75) is 32.8 Å². The first-order chi connectivity index (χ1) is 8.34. The monoisotopic (exact) mass is 253 g/mol. The fraction of sp³-hybridized carbons (Fsp3) is 0.417. The molecule has 0 spiro atoms. The highest BCUT2D eigenvalue weighted by atomic mass is 16.7. The summed E-state index contributed by atoms with van der Waals surface area (Å²) in [7, 11) is 0. The Kier molecular flexibility index (Phi) is 4.25. The summed E-state index contributed by atoms with van der Waals surface area (Å²) < 4.78 is 9.98. The van der Waals surface area contributed by atoms with E-state index in [4.69, 9.17) is 9.47 Å². The van der Waals surface area contributed by atoms with Crippen LogP contribution in [-0.4, -0.2) is 16.7 Å². The van der Waals surface area contributed by atoms with Crippen LogP contribution in [0.2, 0.25) is 0 Å². The standard InChI is InChI=1S/C12H15NO5/c1-4-12(2,3)18-11(14)17-10-7-5-9(6-8-10)13(15)16/h5-8H,4H2,1-3H3. The topological polar surface area (TPSA) is 78.7 Å². The largest absolute Gasteiger partial charge is 0.514 e. The maximum atomic E-state index is 11.4. The van der Waals surface area contributed by atoms with Crippen molar-refractivity contribution in [1.82, 2.24) is 0 Å². The fourth-order valence-electron chi connectivity index (χ4n) is 1.05. The lowest BCUT2D eigenvalue weighted by atomic mass is 10.1. The highest BCUT2D eigenvalue weighted by Gasteiger charge is 2.21. The van der Waals surface area contributed by atoms with Crippen molar-refractivity contribution >= 4 is 11.8 Å². The van der Waals surface area contributed by atoms with Gasteiger partial charge < -0.3 is 9.47 Å². The molecule has 0 saturated heterocycles. The van der Waals surface area contributed by atoms with Gasteiger partial charge in [-0.05, 0) is 32.4 Å². The van der Waals surface area contributed by atoms with E-state index in [1.54, 1.807) is 13.8 Å². The molecule has 6 nitrogen and oxygen atoms in total. The highest BCUT2D eigenvalue weighted by Crippen LogP contribution is 2.19. The van der Waals surface area contributed by atoms with Gasteiger partial charge in [0, 0.05) is 12.1 Å². The molecule has 0 amide bonds. The molecule has 0 atom stereocenters. The van der Waals surface area contributed by atoms with Crippen molar-refractivity contribution in [1.29, 1.82) is 0 Å². The Morgan fingerprint density at radius 3 is 2.33 bits per heavy atom. The molecule has 0 radical (unpaired) electrons. The molecule has 0 bridgehead atoms. The Balaban J connectivity index is 2.63. The number of benzene rings is 1. The first-order valence-electron chi connectivity index (χ1n) is 5.49. The van der Waals surface area contributed by atoms with Gasteiger partial charge in [0.2, 0.25) is 0 Å². The molecular weight excluding hydrogens is 238 g/mol. The molecular formula is C12H15NO5. The summed E-state index contributed by atoms with van der Waals surface area (Å²) in [6.07, 6.45) is -0.168. The van der Waals surface area contributed by atoms with Crippen molar-refractivity contribution in [3.8, 4) is 5.75 Å². The van der Waals surface area contributed by atoms with Gasteiger partial charge >= 0.3 is 6.16 Å². The molecule has 0 heterocycles. The third kappa shape index (κ3) is 4.04. The number of nitrogens with zero attached hydrogens (tertiary/aromatic N) is 1. The average Bonchev–Trinajstić information content (AvgIpc) is 2.29. The molecule has 0 aliphatic rings. The highest BCUT2D eigenvalue weighted by molar-refractivity contribution is 5.64. The third-order valence-corrected chi connectivity index (χ3v) is 2.46. The van der Waals surface area contributed by atoms with Gasteiger partial charge in [-0.2, -0.15) is 0 Å². The smallest absolute Gasteiger partial charge is 0.428 e. The molecule has 1 aromatic carbocycles. The van der Waals surface area contributed by atoms with E-state index in [0.29, 0.717) is 6.42 Å². The first kappa shape index (κ1) is 14.0. The predicted molar refractivity (Wildman–Crippen MR) is 64.6 cm³/mol. The number of hydrogen-bond donors (Lipinski definition) is 0. The number of carbonyl (C=O) groups is 1. The number of carbonyl (C=O) groups excluding carboxylic acids is 1. The van der Waals surface area contributed by atoms with Crippen LogP contribution in [0.25, 0.3) is 0 Å². The molecule has 0 fully saturated rings. The van der Waals surface area contributed by atoms with Crippen LogP contribution in [0.15, 0.2) is 24.3 Å². The van der Waals surface area contributed by atoms with Gasteiger partial charge in [0.15, 0.2) is 0 Å². The number of ether oxygens (including phenoxy) is 2. The van der Waals surface area contributed by atoms with E-state index in [0.717, 1.165) is 0 Å².